The molecule has 0 saturated heterocycles. The van der Waals surface area contributed by atoms with Gasteiger partial charge in [0.25, 0.3) is 0 Å². The van der Waals surface area contributed by atoms with Gasteiger partial charge < -0.3 is 9.15 Å². The van der Waals surface area contributed by atoms with E-state index in [1.165, 1.54) is 0 Å². The largest absolute Gasteiger partial charge is 0.464 e. The first-order chi connectivity index (χ1) is 7.70. The normalized spacial score (nSPS) is 10.9. The van der Waals surface area contributed by atoms with E-state index in [4.69, 9.17) is 9.15 Å². The summed E-state index contributed by atoms with van der Waals surface area (Å²) in [5.74, 6) is 0.132. The van der Waals surface area contributed by atoms with Crippen LogP contribution in [0.3, 0.4) is 0 Å². The molecule has 0 N–H and O–H groups in total. The topological polar surface area (TPSA) is 39.4 Å². The Labute approximate surface area is 94.0 Å². The minimum Gasteiger partial charge on any atom is -0.464 e. The fourth-order valence-corrected chi connectivity index (χ4v) is 1.87. The highest BCUT2D eigenvalue weighted by Crippen LogP contribution is 2.23. The second-order valence-electron chi connectivity index (χ2n) is 3.91. The van der Waals surface area contributed by atoms with Crippen LogP contribution in [0.25, 0.3) is 11.0 Å². The van der Waals surface area contributed by atoms with Crippen LogP contribution in [0.5, 0.6) is 0 Å². The van der Waals surface area contributed by atoms with Crippen molar-refractivity contribution in [1.29, 1.82) is 0 Å². The predicted molar refractivity (Wildman–Crippen MR) is 61.3 cm³/mol. The molecular weight excluding hydrogens is 204 g/mol. The third-order valence-corrected chi connectivity index (χ3v) is 2.44. The van der Waals surface area contributed by atoms with E-state index in [0.29, 0.717) is 13.0 Å². The molecule has 0 aliphatic heterocycles. The van der Waals surface area contributed by atoms with E-state index in [2.05, 4.69) is 0 Å². The number of Topliss-reactive ketones (excluding diaryl/α,β-unsaturated/α-hetero) is 1. The van der Waals surface area contributed by atoms with E-state index >= 15 is 0 Å². The zero-order valence-corrected chi connectivity index (χ0v) is 9.45. The Hall–Kier alpha value is -1.61. The molecular formula is C13H14O3. The van der Waals surface area contributed by atoms with Gasteiger partial charge in [-0.25, -0.2) is 0 Å². The summed E-state index contributed by atoms with van der Waals surface area (Å²) in [6.45, 7) is 2.13. The third-order valence-electron chi connectivity index (χ3n) is 2.44. The average Bonchev–Trinajstić information content (AvgIpc) is 2.65. The van der Waals surface area contributed by atoms with Crippen LogP contribution >= 0.6 is 0 Å². The molecule has 0 bridgehead atoms. The van der Waals surface area contributed by atoms with E-state index in [-0.39, 0.29) is 5.78 Å². The van der Waals surface area contributed by atoms with Crippen molar-refractivity contribution in [2.75, 3.05) is 7.11 Å². The Morgan fingerprint density at radius 3 is 2.94 bits per heavy atom. The van der Waals surface area contributed by atoms with Gasteiger partial charge in [0.1, 0.15) is 11.4 Å². The maximum absolute atomic E-state index is 11.2. The number of ketones is 1. The van der Waals surface area contributed by atoms with Gasteiger partial charge in [-0.05, 0) is 30.7 Å². The van der Waals surface area contributed by atoms with Crippen molar-refractivity contribution in [3.05, 3.63) is 35.6 Å². The molecule has 2 aromatic rings. The fraction of sp³-hybridized carbons (Fsp3) is 0.308. The van der Waals surface area contributed by atoms with Gasteiger partial charge in [-0.2, -0.15) is 0 Å². The Morgan fingerprint density at radius 1 is 1.44 bits per heavy atom. The Kier molecular flexibility index (Phi) is 3.06. The summed E-state index contributed by atoms with van der Waals surface area (Å²) in [6.07, 6.45) is 2.05. The zero-order valence-electron chi connectivity index (χ0n) is 9.45. The van der Waals surface area contributed by atoms with Gasteiger partial charge in [-0.3, -0.25) is 4.79 Å². The quantitative estimate of drug-likeness (QED) is 0.792. The Morgan fingerprint density at radius 2 is 2.25 bits per heavy atom. The monoisotopic (exact) mass is 218 g/mol. The van der Waals surface area contributed by atoms with Crippen molar-refractivity contribution in [3.8, 4) is 0 Å². The van der Waals surface area contributed by atoms with Crippen LogP contribution in [-0.2, 0) is 22.6 Å². The highest BCUT2D eigenvalue weighted by atomic mass is 16.5. The third kappa shape index (κ3) is 2.14. The molecule has 0 atom stereocenters. The second kappa shape index (κ2) is 4.49. The number of carbonyl (C=O) groups excluding carboxylic acids is 1. The maximum Gasteiger partial charge on any atom is 0.137 e. The van der Waals surface area contributed by atoms with E-state index in [9.17, 15) is 4.79 Å². The molecule has 0 aliphatic carbocycles. The molecule has 1 aromatic heterocycles. The summed E-state index contributed by atoms with van der Waals surface area (Å²) in [4.78, 5) is 11.2. The number of carbonyl (C=O) groups is 1. The molecule has 3 heteroatoms. The Balaban J connectivity index is 2.49. The van der Waals surface area contributed by atoms with Crippen LogP contribution in [-0.4, -0.2) is 12.9 Å². The molecule has 0 amide bonds. The summed E-state index contributed by atoms with van der Waals surface area (Å²) in [5.41, 5.74) is 2.80. The van der Waals surface area contributed by atoms with E-state index in [1.54, 1.807) is 20.3 Å². The first-order valence-electron chi connectivity index (χ1n) is 5.18. The lowest BCUT2D eigenvalue weighted by Gasteiger charge is -2.04. The first kappa shape index (κ1) is 10.9. The number of methoxy groups -OCH3 is 1. The average molecular weight is 218 g/mol. The standard InChI is InChI=1S/C13H14O3/c1-9(14)5-12-7-10(8-15-2)6-11-3-4-16-13(11)12/h3-4,6-7H,5,8H2,1-2H3. The van der Waals surface area contributed by atoms with Gasteiger partial charge in [0.05, 0.1) is 12.9 Å². The molecule has 84 valence electrons. The number of rotatable bonds is 4. The smallest absolute Gasteiger partial charge is 0.137 e. The van der Waals surface area contributed by atoms with Crippen molar-refractivity contribution in [2.24, 2.45) is 0 Å². The maximum atomic E-state index is 11.2. The lowest BCUT2D eigenvalue weighted by Crippen LogP contribution is -1.98. The number of hydrogen-bond acceptors (Lipinski definition) is 3. The highest BCUT2D eigenvalue weighted by Gasteiger charge is 2.09. The summed E-state index contributed by atoms with van der Waals surface area (Å²) >= 11 is 0. The molecule has 0 radical (unpaired) electrons. The lowest BCUT2D eigenvalue weighted by molar-refractivity contribution is -0.116. The molecule has 0 aliphatic rings. The van der Waals surface area contributed by atoms with Crippen molar-refractivity contribution in [3.63, 3.8) is 0 Å². The zero-order chi connectivity index (χ0) is 11.5. The lowest BCUT2D eigenvalue weighted by atomic mass is 10.0. The number of ether oxygens (including phenoxy) is 1. The van der Waals surface area contributed by atoms with Crippen molar-refractivity contribution >= 4 is 16.8 Å². The van der Waals surface area contributed by atoms with Gasteiger partial charge in [-0.15, -0.1) is 0 Å². The molecule has 1 heterocycles. The molecule has 0 unspecified atom stereocenters. The van der Waals surface area contributed by atoms with Crippen LogP contribution in [0.4, 0.5) is 0 Å². The first-order valence-corrected chi connectivity index (χ1v) is 5.18. The molecule has 0 fully saturated rings. The van der Waals surface area contributed by atoms with Crippen LogP contribution in [0.2, 0.25) is 0 Å². The van der Waals surface area contributed by atoms with Crippen LogP contribution in [0, 0.1) is 0 Å². The number of fused-ring (bicyclic) bond motifs is 1. The molecule has 2 rings (SSSR count). The van der Waals surface area contributed by atoms with Gasteiger partial charge in [0, 0.05) is 24.5 Å². The van der Waals surface area contributed by atoms with Crippen molar-refractivity contribution in [2.45, 2.75) is 20.0 Å². The predicted octanol–water partition coefficient (Wildman–Crippen LogP) is 2.71. The van der Waals surface area contributed by atoms with E-state index in [0.717, 1.165) is 22.1 Å². The van der Waals surface area contributed by atoms with Crippen LogP contribution in [0.1, 0.15) is 18.1 Å². The molecule has 1 aromatic carbocycles. The molecule has 0 spiro atoms. The van der Waals surface area contributed by atoms with Crippen molar-refractivity contribution in [1.82, 2.24) is 0 Å². The summed E-state index contributed by atoms with van der Waals surface area (Å²) in [5, 5.41) is 1.02. The molecule has 3 nitrogen and oxygen atoms in total. The van der Waals surface area contributed by atoms with Gasteiger partial charge in [0.15, 0.2) is 0 Å². The van der Waals surface area contributed by atoms with Crippen molar-refractivity contribution < 1.29 is 13.9 Å². The second-order valence-corrected chi connectivity index (χ2v) is 3.91. The van der Waals surface area contributed by atoms with Crippen LogP contribution < -0.4 is 0 Å². The molecule has 0 saturated carbocycles. The van der Waals surface area contributed by atoms with Gasteiger partial charge >= 0.3 is 0 Å². The van der Waals surface area contributed by atoms with Crippen LogP contribution in [0.15, 0.2) is 28.9 Å². The minimum absolute atomic E-state index is 0.132. The summed E-state index contributed by atoms with van der Waals surface area (Å²) in [7, 11) is 1.66. The van der Waals surface area contributed by atoms with E-state index < -0.39 is 0 Å². The Bertz CT molecular complexity index is 511. The van der Waals surface area contributed by atoms with E-state index in [1.807, 2.05) is 18.2 Å². The highest BCUT2D eigenvalue weighted by molar-refractivity contribution is 5.87. The number of hydrogen-bond donors (Lipinski definition) is 0. The summed E-state index contributed by atoms with van der Waals surface area (Å²) < 4.78 is 10.5. The number of benzene rings is 1. The van der Waals surface area contributed by atoms with Gasteiger partial charge in [-0.1, -0.05) is 0 Å². The minimum atomic E-state index is 0.132. The molecule has 16 heavy (non-hydrogen) atoms. The fourth-order valence-electron chi connectivity index (χ4n) is 1.87. The number of furan rings is 1. The SMILES string of the molecule is COCc1cc(CC(C)=O)c2occc2c1. The van der Waals surface area contributed by atoms with Gasteiger partial charge in [0.2, 0.25) is 0 Å². The summed E-state index contributed by atoms with van der Waals surface area (Å²) in [6, 6.07) is 5.89.